The van der Waals surface area contributed by atoms with E-state index in [1.54, 1.807) is 0 Å². The van der Waals surface area contributed by atoms with Crippen LogP contribution in [-0.4, -0.2) is 64.3 Å². The molecule has 12 heavy (non-hydrogen) atoms. The third-order valence-electron chi connectivity index (χ3n) is 0.697. The first-order chi connectivity index (χ1) is 4.83. The summed E-state index contributed by atoms with van der Waals surface area (Å²) >= 11 is 2.05. The minimum absolute atomic E-state index is 0. The van der Waals surface area contributed by atoms with E-state index in [4.69, 9.17) is 10.0 Å². The molecule has 4 N–H and O–H groups in total. The van der Waals surface area contributed by atoms with E-state index in [1.807, 2.05) is 0 Å². The number of hydrogen-bond donors (Lipinski definition) is 2. The van der Waals surface area contributed by atoms with E-state index in [2.05, 4.69) is 25.6 Å². The summed E-state index contributed by atoms with van der Waals surface area (Å²) in [5, 5.41) is 14.2. The van der Waals surface area contributed by atoms with Gasteiger partial charge in [-0.05, 0) is 24.3 Å². The third-order valence-corrected chi connectivity index (χ3v) is 2.09. The summed E-state index contributed by atoms with van der Waals surface area (Å²) in [5.74, 6) is 2.68. The number of hydrogen-bond acceptors (Lipinski definition) is 3. The summed E-state index contributed by atoms with van der Waals surface area (Å²) in [5.41, 5.74) is 0. The van der Waals surface area contributed by atoms with Crippen LogP contribution in [0.3, 0.4) is 0 Å². The number of thioether (sulfide) groups is 1. The molecular weight excluding hydrogens is 186 g/mol. The second-order valence-corrected chi connectivity index (χ2v) is 2.98. The first kappa shape index (κ1) is 23.3. The quantitative estimate of drug-likeness (QED) is 0.472. The SMILES string of the molecule is CCCSCCC.O.OBO.[NaH]. The van der Waals surface area contributed by atoms with Crippen LogP contribution in [0.15, 0.2) is 0 Å². The maximum atomic E-state index is 7.12. The van der Waals surface area contributed by atoms with Gasteiger partial charge >= 0.3 is 37.2 Å². The molecule has 3 nitrogen and oxygen atoms in total. The van der Waals surface area contributed by atoms with Crippen molar-refractivity contribution in [3.63, 3.8) is 0 Å². The van der Waals surface area contributed by atoms with Crippen LogP contribution in [-0.2, 0) is 0 Å². The van der Waals surface area contributed by atoms with Crippen molar-refractivity contribution < 1.29 is 15.5 Å². The monoisotopic (exact) mass is 206 g/mol. The van der Waals surface area contributed by atoms with E-state index in [0.29, 0.717) is 0 Å². The Labute approximate surface area is 102 Å². The van der Waals surface area contributed by atoms with Crippen LogP contribution in [0.5, 0.6) is 0 Å². The van der Waals surface area contributed by atoms with Gasteiger partial charge in [0.15, 0.2) is 0 Å². The second-order valence-electron chi connectivity index (χ2n) is 1.75. The summed E-state index contributed by atoms with van der Waals surface area (Å²) in [6.45, 7) is 4.45. The van der Waals surface area contributed by atoms with E-state index in [-0.39, 0.29) is 35.0 Å². The fraction of sp³-hybridized carbons (Fsp3) is 1.00. The molecule has 0 heterocycles. The molecule has 0 aromatic heterocycles. The fourth-order valence-electron chi connectivity index (χ4n) is 0.391. The molecule has 0 atom stereocenters. The van der Waals surface area contributed by atoms with Gasteiger partial charge in [0.1, 0.15) is 0 Å². The predicted octanol–water partition coefficient (Wildman–Crippen LogP) is -0.696. The number of rotatable bonds is 4. The zero-order valence-electron chi connectivity index (χ0n) is 7.34. The Bertz CT molecular complexity index is 49.8. The second kappa shape index (κ2) is 29.5. The Hall–Kier alpha value is 1.29. The molecule has 0 radical (unpaired) electrons. The van der Waals surface area contributed by atoms with Gasteiger partial charge in [-0.15, -0.1) is 0 Å². The van der Waals surface area contributed by atoms with Gasteiger partial charge in [-0.2, -0.15) is 11.8 Å². The van der Waals surface area contributed by atoms with Crippen molar-refractivity contribution in [1.82, 2.24) is 0 Å². The normalized spacial score (nSPS) is 6.67. The average molecular weight is 206 g/mol. The topological polar surface area (TPSA) is 72.0 Å². The van der Waals surface area contributed by atoms with Gasteiger partial charge in [0.2, 0.25) is 0 Å². The molecule has 0 saturated carbocycles. The van der Waals surface area contributed by atoms with Gasteiger partial charge in [-0.3, -0.25) is 0 Å². The van der Waals surface area contributed by atoms with E-state index >= 15 is 0 Å². The zero-order valence-corrected chi connectivity index (χ0v) is 8.15. The molecule has 0 bridgehead atoms. The van der Waals surface area contributed by atoms with Crippen LogP contribution in [0.2, 0.25) is 0 Å². The predicted molar refractivity (Wildman–Crippen MR) is 60.3 cm³/mol. The molecule has 72 valence electrons. The van der Waals surface area contributed by atoms with Crippen molar-refractivity contribution in [2.45, 2.75) is 26.7 Å². The minimum atomic E-state index is -0.750. The van der Waals surface area contributed by atoms with Crippen molar-refractivity contribution >= 4 is 49.0 Å². The Kier molecular flexibility index (Phi) is 57.1. The van der Waals surface area contributed by atoms with Gasteiger partial charge < -0.3 is 15.5 Å². The van der Waals surface area contributed by atoms with Crippen LogP contribution in [0.4, 0.5) is 0 Å². The average Bonchev–Trinajstić information content (AvgIpc) is 1.91. The molecule has 0 aromatic carbocycles. The van der Waals surface area contributed by atoms with Crippen LogP contribution >= 0.6 is 11.8 Å². The molecule has 0 saturated heterocycles. The molecule has 6 heteroatoms. The molecule has 0 aliphatic rings. The van der Waals surface area contributed by atoms with E-state index in [1.165, 1.54) is 24.3 Å². The summed E-state index contributed by atoms with van der Waals surface area (Å²) in [6, 6.07) is 0. The Morgan fingerprint density at radius 3 is 1.50 bits per heavy atom. The Balaban J connectivity index is -0.0000000569. The maximum absolute atomic E-state index is 7.12. The standard InChI is InChI=1S/C6H14S.BH3O2.Na.H2O.H/c1-3-5-7-6-4-2;2-1-3;;;/h3-6H2,1-2H3;1-3H;;1H2;. The first-order valence-electron chi connectivity index (χ1n) is 3.62. The molecule has 0 fully saturated rings. The van der Waals surface area contributed by atoms with Crippen molar-refractivity contribution in [1.29, 1.82) is 0 Å². The molecule has 0 rings (SSSR count). The van der Waals surface area contributed by atoms with Gasteiger partial charge in [-0.1, -0.05) is 13.8 Å². The summed E-state index contributed by atoms with van der Waals surface area (Å²) in [6.07, 6.45) is 2.65. The Morgan fingerprint density at radius 1 is 1.08 bits per heavy atom. The van der Waals surface area contributed by atoms with Crippen molar-refractivity contribution in [2.24, 2.45) is 0 Å². The van der Waals surface area contributed by atoms with Crippen LogP contribution in [0, 0.1) is 0 Å². The van der Waals surface area contributed by atoms with Gasteiger partial charge in [0.05, 0.1) is 0 Å². The summed E-state index contributed by atoms with van der Waals surface area (Å²) in [4.78, 5) is 0. The molecular formula is C6H20BNaO3S. The first-order valence-corrected chi connectivity index (χ1v) is 4.78. The van der Waals surface area contributed by atoms with E-state index < -0.39 is 7.69 Å². The van der Waals surface area contributed by atoms with E-state index in [9.17, 15) is 0 Å². The molecule has 0 aliphatic heterocycles. The van der Waals surface area contributed by atoms with Crippen molar-refractivity contribution in [2.75, 3.05) is 11.5 Å². The van der Waals surface area contributed by atoms with Gasteiger partial charge in [0, 0.05) is 0 Å². The van der Waals surface area contributed by atoms with E-state index in [0.717, 1.165) is 0 Å². The van der Waals surface area contributed by atoms with Crippen molar-refractivity contribution in [3.05, 3.63) is 0 Å². The zero-order chi connectivity index (χ0) is 8.24. The van der Waals surface area contributed by atoms with Crippen LogP contribution < -0.4 is 0 Å². The van der Waals surface area contributed by atoms with Crippen LogP contribution in [0.25, 0.3) is 0 Å². The fourth-order valence-corrected chi connectivity index (χ4v) is 1.17. The molecule has 0 aliphatic carbocycles. The molecule has 0 unspecified atom stereocenters. The third kappa shape index (κ3) is 42.7. The summed E-state index contributed by atoms with van der Waals surface area (Å²) < 4.78 is 0. The van der Waals surface area contributed by atoms with Gasteiger partial charge in [-0.25, -0.2) is 0 Å². The van der Waals surface area contributed by atoms with Crippen LogP contribution in [0.1, 0.15) is 26.7 Å². The van der Waals surface area contributed by atoms with Gasteiger partial charge in [0.25, 0.3) is 0 Å². The molecule has 0 aromatic rings. The Morgan fingerprint density at radius 2 is 1.33 bits per heavy atom. The summed E-state index contributed by atoms with van der Waals surface area (Å²) in [7, 11) is -0.750. The molecule has 0 spiro atoms. The molecule has 0 amide bonds. The van der Waals surface area contributed by atoms with Crippen molar-refractivity contribution in [3.8, 4) is 0 Å².